The number of benzene rings is 3. The molecule has 0 saturated carbocycles. The maximum atomic E-state index is 13.1. The predicted octanol–water partition coefficient (Wildman–Crippen LogP) is 5.94. The van der Waals surface area contributed by atoms with Crippen molar-refractivity contribution >= 4 is 12.0 Å². The van der Waals surface area contributed by atoms with Crippen LogP contribution < -0.4 is 23.7 Å². The van der Waals surface area contributed by atoms with Gasteiger partial charge in [-0.25, -0.2) is 4.79 Å². The molecule has 0 bridgehead atoms. The fraction of sp³-hybridized carbons (Fsp3) is 0.323. The molecule has 8 heteroatoms. The molecule has 0 amide bonds. The van der Waals surface area contributed by atoms with Crippen LogP contribution >= 0.6 is 0 Å². The van der Waals surface area contributed by atoms with E-state index in [1.807, 2.05) is 42.5 Å². The number of hydrogen-bond acceptors (Lipinski definition) is 8. The zero-order valence-corrected chi connectivity index (χ0v) is 22.6. The number of carbonyl (C=O) groups excluding carboxylic acids is 1. The van der Waals surface area contributed by atoms with Gasteiger partial charge in [0.1, 0.15) is 6.10 Å². The van der Waals surface area contributed by atoms with E-state index in [4.69, 9.17) is 28.4 Å². The molecule has 1 aliphatic heterocycles. The second kappa shape index (κ2) is 10.8. The second-order valence-corrected chi connectivity index (χ2v) is 9.74. The summed E-state index contributed by atoms with van der Waals surface area (Å²) in [5.74, 6) is 1.27. The van der Waals surface area contributed by atoms with Gasteiger partial charge in [0.05, 0.1) is 21.3 Å². The molecule has 0 radical (unpaired) electrons. The van der Waals surface area contributed by atoms with Crippen molar-refractivity contribution in [2.24, 2.45) is 11.8 Å². The summed E-state index contributed by atoms with van der Waals surface area (Å²) < 4.78 is 34.6. The summed E-state index contributed by atoms with van der Waals surface area (Å²) in [5.41, 5.74) is 3.44. The van der Waals surface area contributed by atoms with Crippen LogP contribution in [0.5, 0.6) is 34.5 Å². The Hall–Kier alpha value is -4.33. The maximum absolute atomic E-state index is 13.1. The van der Waals surface area contributed by atoms with Crippen LogP contribution in [0.1, 0.15) is 36.6 Å². The first-order chi connectivity index (χ1) is 18.9. The van der Waals surface area contributed by atoms with Crippen molar-refractivity contribution in [2.75, 3.05) is 28.1 Å². The van der Waals surface area contributed by atoms with Gasteiger partial charge >= 0.3 is 5.97 Å². The van der Waals surface area contributed by atoms with Crippen molar-refractivity contribution in [3.05, 3.63) is 65.2 Å². The van der Waals surface area contributed by atoms with Crippen LogP contribution in [0.25, 0.3) is 17.2 Å². The number of methoxy groups -OCH3 is 3. The van der Waals surface area contributed by atoms with Gasteiger partial charge in [0.15, 0.2) is 23.0 Å². The Balaban J connectivity index is 1.71. The lowest BCUT2D eigenvalue weighted by Gasteiger charge is -2.34. The molecular weight excluding hydrogens is 500 g/mol. The Kier molecular flexibility index (Phi) is 7.28. The minimum Gasteiger partial charge on any atom is -0.504 e. The Bertz CT molecular complexity index is 1410. The molecule has 2 aliphatic rings. The minimum atomic E-state index is -0.674. The van der Waals surface area contributed by atoms with Crippen molar-refractivity contribution in [3.8, 4) is 45.6 Å². The first kappa shape index (κ1) is 26.3. The zero-order valence-electron chi connectivity index (χ0n) is 22.6. The highest BCUT2D eigenvalue weighted by Crippen LogP contribution is 2.58. The SMILES string of the molecule is COc1cc2c(c(O)c1OC)-c1c(cc3c(c1OC)OCO3)[C@@H](OC(=O)/C=C/c1ccccc1)[C@H](C)[C@H](C)C2. The van der Waals surface area contributed by atoms with Crippen molar-refractivity contribution in [3.63, 3.8) is 0 Å². The van der Waals surface area contributed by atoms with E-state index in [0.29, 0.717) is 46.1 Å². The molecule has 204 valence electrons. The van der Waals surface area contributed by atoms with E-state index in [-0.39, 0.29) is 30.1 Å². The quantitative estimate of drug-likeness (QED) is 0.308. The summed E-state index contributed by atoms with van der Waals surface area (Å²) in [6, 6.07) is 13.2. The number of fused-ring (bicyclic) bond motifs is 4. The number of esters is 1. The van der Waals surface area contributed by atoms with E-state index >= 15 is 0 Å². The lowest BCUT2D eigenvalue weighted by atomic mass is 9.76. The molecule has 0 saturated heterocycles. The van der Waals surface area contributed by atoms with Crippen molar-refractivity contribution in [2.45, 2.75) is 26.4 Å². The van der Waals surface area contributed by atoms with Crippen LogP contribution in [0.3, 0.4) is 0 Å². The highest BCUT2D eigenvalue weighted by molar-refractivity contribution is 5.90. The molecule has 1 N–H and O–H groups in total. The molecule has 3 aromatic carbocycles. The van der Waals surface area contributed by atoms with E-state index in [2.05, 4.69) is 13.8 Å². The average Bonchev–Trinajstić information content (AvgIpc) is 3.42. The van der Waals surface area contributed by atoms with Gasteiger partial charge in [0, 0.05) is 28.7 Å². The summed E-state index contributed by atoms with van der Waals surface area (Å²) in [7, 11) is 4.53. The molecule has 1 aliphatic carbocycles. The van der Waals surface area contributed by atoms with Gasteiger partial charge in [0.25, 0.3) is 0 Å². The van der Waals surface area contributed by atoms with E-state index in [9.17, 15) is 9.90 Å². The van der Waals surface area contributed by atoms with Gasteiger partial charge < -0.3 is 33.5 Å². The third-order valence-corrected chi connectivity index (χ3v) is 7.51. The number of phenols is 1. The fourth-order valence-corrected chi connectivity index (χ4v) is 5.35. The Morgan fingerprint density at radius 1 is 0.974 bits per heavy atom. The van der Waals surface area contributed by atoms with Gasteiger partial charge in [0.2, 0.25) is 18.3 Å². The number of carbonyl (C=O) groups is 1. The van der Waals surface area contributed by atoms with Crippen LogP contribution in [0.4, 0.5) is 0 Å². The van der Waals surface area contributed by atoms with E-state index in [1.54, 1.807) is 6.08 Å². The summed E-state index contributed by atoms with van der Waals surface area (Å²) in [6.07, 6.45) is 3.05. The molecule has 8 nitrogen and oxygen atoms in total. The molecule has 3 atom stereocenters. The van der Waals surface area contributed by atoms with E-state index in [0.717, 1.165) is 11.1 Å². The van der Waals surface area contributed by atoms with Gasteiger partial charge in [-0.2, -0.15) is 0 Å². The molecule has 39 heavy (non-hydrogen) atoms. The Morgan fingerprint density at radius 2 is 1.72 bits per heavy atom. The first-order valence-corrected chi connectivity index (χ1v) is 12.8. The van der Waals surface area contributed by atoms with Crippen molar-refractivity contribution in [1.82, 2.24) is 0 Å². The van der Waals surface area contributed by atoms with Crippen LogP contribution in [-0.4, -0.2) is 39.2 Å². The maximum Gasteiger partial charge on any atom is 0.331 e. The molecule has 3 aromatic rings. The first-order valence-electron chi connectivity index (χ1n) is 12.8. The Morgan fingerprint density at radius 3 is 2.41 bits per heavy atom. The monoisotopic (exact) mass is 532 g/mol. The highest BCUT2D eigenvalue weighted by Gasteiger charge is 2.39. The zero-order chi connectivity index (χ0) is 27.7. The van der Waals surface area contributed by atoms with Crippen LogP contribution in [0, 0.1) is 11.8 Å². The van der Waals surface area contributed by atoms with Crippen LogP contribution in [0.15, 0.2) is 48.5 Å². The van der Waals surface area contributed by atoms with Gasteiger partial charge in [-0.05, 0) is 41.7 Å². The summed E-state index contributed by atoms with van der Waals surface area (Å²) >= 11 is 0. The molecule has 0 unspecified atom stereocenters. The largest absolute Gasteiger partial charge is 0.504 e. The summed E-state index contributed by atoms with van der Waals surface area (Å²) in [4.78, 5) is 13.1. The van der Waals surface area contributed by atoms with Crippen molar-refractivity contribution in [1.29, 1.82) is 0 Å². The normalized spacial score (nSPS) is 19.5. The second-order valence-electron chi connectivity index (χ2n) is 9.74. The number of hydrogen-bond donors (Lipinski definition) is 1. The number of aromatic hydroxyl groups is 1. The standard InChI is InChI=1S/C31H32O8/c1-17-13-20-14-22(34-3)29(35-4)27(33)25(20)26-21(15-23-30(31(26)36-5)38-16-37-23)28(18(17)2)39-24(32)12-11-19-9-7-6-8-10-19/h6-12,14-15,17-18,28,33H,13,16H2,1-5H3/b12-11+/t17-,18-,28+/m1/s1. The van der Waals surface area contributed by atoms with Gasteiger partial charge in [-0.15, -0.1) is 0 Å². The van der Waals surface area contributed by atoms with Gasteiger partial charge in [-0.1, -0.05) is 44.2 Å². The minimum absolute atomic E-state index is 0.0234. The molecule has 5 rings (SSSR count). The Labute approximate surface area is 227 Å². The number of ether oxygens (including phenoxy) is 6. The predicted molar refractivity (Wildman–Crippen MR) is 146 cm³/mol. The third-order valence-electron chi connectivity index (χ3n) is 7.51. The van der Waals surface area contributed by atoms with E-state index in [1.165, 1.54) is 27.4 Å². The van der Waals surface area contributed by atoms with Crippen LogP contribution in [-0.2, 0) is 16.0 Å². The van der Waals surface area contributed by atoms with Gasteiger partial charge in [-0.3, -0.25) is 0 Å². The average molecular weight is 533 g/mol. The lowest BCUT2D eigenvalue weighted by Crippen LogP contribution is -2.26. The lowest BCUT2D eigenvalue weighted by molar-refractivity contribution is -0.146. The highest BCUT2D eigenvalue weighted by atomic mass is 16.7. The molecule has 0 aromatic heterocycles. The number of phenolic OH excluding ortho intramolecular Hbond substituents is 1. The molecule has 0 spiro atoms. The van der Waals surface area contributed by atoms with Crippen molar-refractivity contribution < 1.29 is 38.3 Å². The van der Waals surface area contributed by atoms with E-state index < -0.39 is 12.1 Å². The fourth-order valence-electron chi connectivity index (χ4n) is 5.35. The summed E-state index contributed by atoms with van der Waals surface area (Å²) in [5, 5.41) is 11.6. The summed E-state index contributed by atoms with van der Waals surface area (Å²) in [6.45, 7) is 4.17. The molecule has 0 fully saturated rings. The third kappa shape index (κ3) is 4.71. The molecular formula is C31H32O8. The topological polar surface area (TPSA) is 92.7 Å². The molecule has 1 heterocycles. The number of rotatable bonds is 6. The smallest absolute Gasteiger partial charge is 0.331 e. The van der Waals surface area contributed by atoms with Crippen LogP contribution in [0.2, 0.25) is 0 Å².